The summed E-state index contributed by atoms with van der Waals surface area (Å²) in [4.78, 5) is 64.5. The van der Waals surface area contributed by atoms with Crippen LogP contribution in [0.1, 0.15) is 83.5 Å². The number of aromatic nitrogens is 2. The Morgan fingerprint density at radius 2 is 1.57 bits per heavy atom. The van der Waals surface area contributed by atoms with Gasteiger partial charge in [-0.15, -0.1) is 0 Å². The molecule has 5 heterocycles. The summed E-state index contributed by atoms with van der Waals surface area (Å²) in [7, 11) is 0. The van der Waals surface area contributed by atoms with E-state index in [1.54, 1.807) is 23.1 Å². The van der Waals surface area contributed by atoms with Crippen LogP contribution in [0.5, 0.6) is 0 Å². The van der Waals surface area contributed by atoms with Gasteiger partial charge in [0.15, 0.2) is 5.82 Å². The topological polar surface area (TPSA) is 152 Å². The molecule has 15 heteroatoms. The Balaban J connectivity index is 0.754. The number of halogens is 2. The van der Waals surface area contributed by atoms with E-state index in [2.05, 4.69) is 41.0 Å². The summed E-state index contributed by atoms with van der Waals surface area (Å²) in [6.45, 7) is 3.99. The minimum atomic E-state index is -0.559. The van der Waals surface area contributed by atoms with E-state index in [1.165, 1.54) is 12.3 Å². The lowest BCUT2D eigenvalue weighted by Crippen LogP contribution is -2.52. The number of benzene rings is 2. The fourth-order valence-corrected chi connectivity index (χ4v) is 9.31. The molecule has 4 amide bonds. The number of piperidine rings is 4. The monoisotopic (exact) mass is 797 g/mol. The molecule has 3 aromatic rings. The molecule has 4 saturated heterocycles. The normalized spacial score (nSPS) is 24.0. The summed E-state index contributed by atoms with van der Waals surface area (Å²) in [6.07, 6.45) is 10.9. The van der Waals surface area contributed by atoms with Crippen molar-refractivity contribution in [2.75, 3.05) is 53.2 Å². The van der Waals surface area contributed by atoms with E-state index >= 15 is 4.39 Å². The molecule has 4 N–H and O–H groups in total. The van der Waals surface area contributed by atoms with Crippen molar-refractivity contribution in [1.29, 1.82) is 0 Å². The van der Waals surface area contributed by atoms with E-state index in [0.29, 0.717) is 48.3 Å². The van der Waals surface area contributed by atoms with Crippen molar-refractivity contribution in [1.82, 2.24) is 25.5 Å². The summed E-state index contributed by atoms with van der Waals surface area (Å²) in [6, 6.07) is 12.4. The van der Waals surface area contributed by atoms with Gasteiger partial charge in [0.25, 0.3) is 0 Å². The number of anilines is 4. The first-order valence-corrected chi connectivity index (χ1v) is 21.1. The Morgan fingerprint density at radius 3 is 2.31 bits per heavy atom. The minimum Gasteiger partial charge on any atom is -0.374 e. The predicted molar refractivity (Wildman–Crippen MR) is 217 cm³/mol. The first kappa shape index (κ1) is 39.6. The van der Waals surface area contributed by atoms with Crippen LogP contribution in [0, 0.1) is 17.6 Å². The third-order valence-corrected chi connectivity index (χ3v) is 12.7. The van der Waals surface area contributed by atoms with Crippen molar-refractivity contribution in [3.05, 3.63) is 60.3 Å². The largest absolute Gasteiger partial charge is 0.374 e. The van der Waals surface area contributed by atoms with E-state index in [9.17, 15) is 23.6 Å². The number of rotatable bonds is 10. The first-order valence-electron chi connectivity index (χ1n) is 21.1. The van der Waals surface area contributed by atoms with Crippen LogP contribution < -0.4 is 31.1 Å². The zero-order valence-corrected chi connectivity index (χ0v) is 32.9. The maximum atomic E-state index is 15.2. The van der Waals surface area contributed by atoms with Crippen LogP contribution in [-0.4, -0.2) is 95.4 Å². The Bertz CT molecular complexity index is 1990. The number of nitrogens with one attached hydrogen (secondary N) is 4. The number of likely N-dealkylation sites (tertiary alicyclic amines) is 1. The molecule has 5 fully saturated rings. The lowest BCUT2D eigenvalue weighted by molar-refractivity contribution is -0.133. The van der Waals surface area contributed by atoms with Gasteiger partial charge in [-0.2, -0.15) is 0 Å². The second-order valence-electron chi connectivity index (χ2n) is 16.5. The van der Waals surface area contributed by atoms with Gasteiger partial charge in [0.1, 0.15) is 17.6 Å². The molecule has 1 atom stereocenters. The molecule has 308 valence electrons. The van der Waals surface area contributed by atoms with E-state index in [1.807, 2.05) is 18.2 Å². The lowest BCUT2D eigenvalue weighted by Gasteiger charge is -2.42. The van der Waals surface area contributed by atoms with Gasteiger partial charge < -0.3 is 30.7 Å². The number of carbonyl (C=O) groups excluding carboxylic acids is 4. The summed E-state index contributed by atoms with van der Waals surface area (Å²) >= 11 is 0. The second-order valence-corrected chi connectivity index (χ2v) is 16.5. The molecule has 0 radical (unpaired) electrons. The van der Waals surface area contributed by atoms with Crippen molar-refractivity contribution >= 4 is 46.6 Å². The number of imide groups is 1. The van der Waals surface area contributed by atoms with Crippen molar-refractivity contribution in [3.63, 3.8) is 0 Å². The Hall–Kier alpha value is -5.18. The minimum absolute atomic E-state index is 0.0481. The van der Waals surface area contributed by atoms with Crippen LogP contribution >= 0.6 is 0 Å². The van der Waals surface area contributed by atoms with E-state index in [-0.39, 0.29) is 59.6 Å². The number of hydrogen-bond acceptors (Lipinski definition) is 10. The van der Waals surface area contributed by atoms with Gasteiger partial charge in [0.2, 0.25) is 29.6 Å². The van der Waals surface area contributed by atoms with Gasteiger partial charge in [-0.3, -0.25) is 24.5 Å². The summed E-state index contributed by atoms with van der Waals surface area (Å²) < 4.78 is 30.2. The fraction of sp³-hybridized carbons (Fsp3) is 0.535. The molecule has 8 rings (SSSR count). The van der Waals surface area contributed by atoms with Crippen LogP contribution in [0.25, 0.3) is 11.3 Å². The molecule has 0 spiro atoms. The van der Waals surface area contributed by atoms with Crippen LogP contribution in [0.4, 0.5) is 31.8 Å². The van der Waals surface area contributed by atoms with Crippen LogP contribution in [0.15, 0.2) is 48.7 Å². The highest BCUT2D eigenvalue weighted by Gasteiger charge is 2.33. The zero-order valence-electron chi connectivity index (χ0n) is 32.9. The van der Waals surface area contributed by atoms with Crippen molar-refractivity contribution in [3.8, 4) is 11.3 Å². The molecule has 58 heavy (non-hydrogen) atoms. The van der Waals surface area contributed by atoms with Crippen molar-refractivity contribution < 1.29 is 28.0 Å². The molecule has 4 aliphatic heterocycles. The van der Waals surface area contributed by atoms with Gasteiger partial charge in [-0.25, -0.2) is 18.7 Å². The van der Waals surface area contributed by atoms with Gasteiger partial charge in [0.05, 0.1) is 11.9 Å². The lowest BCUT2D eigenvalue weighted by atomic mass is 9.85. The van der Waals surface area contributed by atoms with Crippen molar-refractivity contribution in [2.45, 2.75) is 108 Å². The molecule has 1 aromatic heterocycles. The zero-order chi connectivity index (χ0) is 40.2. The summed E-state index contributed by atoms with van der Waals surface area (Å²) in [5.41, 5.74) is 2.60. The van der Waals surface area contributed by atoms with Gasteiger partial charge >= 0.3 is 0 Å². The van der Waals surface area contributed by atoms with Crippen LogP contribution in [0.3, 0.4) is 0 Å². The summed E-state index contributed by atoms with van der Waals surface area (Å²) in [5.74, 6) is -1.02. The smallest absolute Gasteiger partial charge is 0.249 e. The predicted octanol–water partition coefficient (Wildman–Crippen LogP) is 5.38. The Kier molecular flexibility index (Phi) is 12.1. The van der Waals surface area contributed by atoms with Gasteiger partial charge in [-0.05, 0) is 101 Å². The van der Waals surface area contributed by atoms with E-state index < -0.39 is 11.9 Å². The third-order valence-electron chi connectivity index (χ3n) is 12.7. The molecule has 1 saturated carbocycles. The standard InChI is InChI=1S/C43H53F2N9O4/c44-34-25-31(47-36-12-14-38(55)50-42(36)58)11-13-37(34)53-22-17-32(18-23-53)52-20-15-30(16-21-52)48-41(57)27-7-9-29(10-8-27)49-43-46-26-35(45)40(51-43)28-4-3-5-33(24-28)54-19-2-1-6-39(54)56/h3-5,11,13,24-27,29-30,32,36,47H,1-2,6-10,12,14-23H2,(H,48,57)(H,46,49,51)(H,50,55,58)/t27-,29-,36?. The number of amides is 4. The maximum absolute atomic E-state index is 15.2. The molecule has 2 aromatic carbocycles. The molecule has 1 aliphatic carbocycles. The van der Waals surface area contributed by atoms with E-state index in [0.717, 1.165) is 96.1 Å². The highest BCUT2D eigenvalue weighted by molar-refractivity contribution is 6.01. The fourth-order valence-electron chi connectivity index (χ4n) is 9.31. The maximum Gasteiger partial charge on any atom is 0.249 e. The average Bonchev–Trinajstić information content (AvgIpc) is 3.23. The molecular formula is C43H53F2N9O4. The van der Waals surface area contributed by atoms with Crippen LogP contribution in [-0.2, 0) is 19.2 Å². The van der Waals surface area contributed by atoms with E-state index in [4.69, 9.17) is 0 Å². The first-order chi connectivity index (χ1) is 28.2. The Labute approximate surface area is 337 Å². The number of carbonyl (C=O) groups is 4. The second kappa shape index (κ2) is 17.8. The van der Waals surface area contributed by atoms with Crippen LogP contribution in [0.2, 0.25) is 0 Å². The quantitative estimate of drug-likeness (QED) is 0.197. The molecule has 5 aliphatic rings. The molecular weight excluding hydrogens is 745 g/mol. The Morgan fingerprint density at radius 1 is 0.776 bits per heavy atom. The molecule has 1 unspecified atom stereocenters. The number of nitrogens with zero attached hydrogens (tertiary/aromatic N) is 5. The molecule has 13 nitrogen and oxygen atoms in total. The van der Waals surface area contributed by atoms with Gasteiger partial charge in [-0.1, -0.05) is 12.1 Å². The average molecular weight is 798 g/mol. The molecule has 0 bridgehead atoms. The van der Waals surface area contributed by atoms with Crippen molar-refractivity contribution in [2.24, 2.45) is 5.92 Å². The van der Waals surface area contributed by atoms with Gasteiger partial charge in [0, 0.05) is 86.5 Å². The highest BCUT2D eigenvalue weighted by Crippen LogP contribution is 2.32. The third kappa shape index (κ3) is 9.24. The number of hydrogen-bond donors (Lipinski definition) is 4. The highest BCUT2D eigenvalue weighted by atomic mass is 19.1. The SMILES string of the molecule is O=C1CCC(Nc2ccc(N3CCC(N4CCC(NC(=O)[C@H]5CC[C@H](Nc6ncc(F)c(-c7cccc(N8CCCCC8=O)c7)n6)CC5)CC4)CC3)c(F)c2)C(=O)N1. The summed E-state index contributed by atoms with van der Waals surface area (Å²) in [5, 5.41) is 12.1.